The standard InChI is InChI=1S/C14H18O4/c1-9-10(2)13(15)18-12(9)8-17-14(16)11-6-4-3-5-7-11/h3-7,9-10,12-13,15H,8H2,1-2H3/t9-,10?,12?,13?/m0/s1. The highest BCUT2D eigenvalue weighted by Gasteiger charge is 2.38. The van der Waals surface area contributed by atoms with Crippen LogP contribution in [0.4, 0.5) is 0 Å². The van der Waals surface area contributed by atoms with Crippen LogP contribution in [0.5, 0.6) is 0 Å². The molecule has 1 aliphatic heterocycles. The van der Waals surface area contributed by atoms with Crippen molar-refractivity contribution in [3.05, 3.63) is 35.9 Å². The Hall–Kier alpha value is -1.39. The Balaban J connectivity index is 1.88. The van der Waals surface area contributed by atoms with Gasteiger partial charge in [0.25, 0.3) is 0 Å². The smallest absolute Gasteiger partial charge is 0.338 e. The molecule has 1 saturated heterocycles. The molecule has 4 nitrogen and oxygen atoms in total. The fraction of sp³-hybridized carbons (Fsp3) is 0.500. The van der Waals surface area contributed by atoms with E-state index in [0.29, 0.717) is 5.56 Å². The molecule has 4 atom stereocenters. The maximum Gasteiger partial charge on any atom is 0.338 e. The number of ether oxygens (including phenoxy) is 2. The fourth-order valence-electron chi connectivity index (χ4n) is 2.03. The van der Waals surface area contributed by atoms with Crippen molar-refractivity contribution in [2.75, 3.05) is 6.61 Å². The summed E-state index contributed by atoms with van der Waals surface area (Å²) in [7, 11) is 0. The first-order valence-corrected chi connectivity index (χ1v) is 6.15. The van der Waals surface area contributed by atoms with Crippen molar-refractivity contribution >= 4 is 5.97 Å². The zero-order valence-corrected chi connectivity index (χ0v) is 10.6. The Labute approximate surface area is 107 Å². The van der Waals surface area contributed by atoms with Crippen LogP contribution in [0.25, 0.3) is 0 Å². The SMILES string of the molecule is CC1C(O)OC(COC(=O)c2ccccc2)[C@H]1C. The average molecular weight is 250 g/mol. The van der Waals surface area contributed by atoms with Crippen molar-refractivity contribution < 1.29 is 19.4 Å². The third-order valence-corrected chi connectivity index (χ3v) is 3.57. The molecule has 1 N–H and O–H groups in total. The van der Waals surface area contributed by atoms with Gasteiger partial charge in [0.2, 0.25) is 0 Å². The molecule has 1 aliphatic rings. The van der Waals surface area contributed by atoms with Crippen LogP contribution in [0.3, 0.4) is 0 Å². The molecular weight excluding hydrogens is 232 g/mol. The number of esters is 1. The van der Waals surface area contributed by atoms with E-state index < -0.39 is 6.29 Å². The third kappa shape index (κ3) is 2.71. The number of benzene rings is 1. The molecule has 18 heavy (non-hydrogen) atoms. The van der Waals surface area contributed by atoms with E-state index in [1.165, 1.54) is 0 Å². The lowest BCUT2D eigenvalue weighted by Gasteiger charge is -2.15. The van der Waals surface area contributed by atoms with Gasteiger partial charge in [-0.2, -0.15) is 0 Å². The zero-order valence-electron chi connectivity index (χ0n) is 10.6. The number of carbonyl (C=O) groups excluding carboxylic acids is 1. The second-order valence-electron chi connectivity index (χ2n) is 4.75. The highest BCUT2D eigenvalue weighted by atomic mass is 16.6. The number of hydrogen-bond donors (Lipinski definition) is 1. The molecule has 0 aliphatic carbocycles. The lowest BCUT2D eigenvalue weighted by molar-refractivity contribution is -0.116. The zero-order chi connectivity index (χ0) is 13.1. The second kappa shape index (κ2) is 5.50. The van der Waals surface area contributed by atoms with E-state index in [-0.39, 0.29) is 30.5 Å². The van der Waals surface area contributed by atoms with Gasteiger partial charge in [-0.25, -0.2) is 4.79 Å². The first-order chi connectivity index (χ1) is 8.59. The summed E-state index contributed by atoms with van der Waals surface area (Å²) >= 11 is 0. The van der Waals surface area contributed by atoms with Gasteiger partial charge in [0.1, 0.15) is 6.61 Å². The van der Waals surface area contributed by atoms with E-state index in [1.54, 1.807) is 24.3 Å². The van der Waals surface area contributed by atoms with E-state index in [9.17, 15) is 9.90 Å². The molecule has 0 aromatic heterocycles. The Bertz CT molecular complexity index is 404. The van der Waals surface area contributed by atoms with Gasteiger partial charge in [-0.1, -0.05) is 32.0 Å². The van der Waals surface area contributed by atoms with Crippen LogP contribution < -0.4 is 0 Å². The third-order valence-electron chi connectivity index (χ3n) is 3.57. The molecule has 4 heteroatoms. The van der Waals surface area contributed by atoms with Crippen LogP contribution in [0.15, 0.2) is 30.3 Å². The van der Waals surface area contributed by atoms with E-state index in [4.69, 9.17) is 9.47 Å². The molecule has 0 radical (unpaired) electrons. The van der Waals surface area contributed by atoms with Crippen LogP contribution in [0.1, 0.15) is 24.2 Å². The van der Waals surface area contributed by atoms with Crippen LogP contribution in [-0.2, 0) is 9.47 Å². The Kier molecular flexibility index (Phi) is 3.99. The molecule has 3 unspecified atom stereocenters. The van der Waals surface area contributed by atoms with Crippen molar-refractivity contribution in [3.63, 3.8) is 0 Å². The van der Waals surface area contributed by atoms with Crippen LogP contribution >= 0.6 is 0 Å². The number of hydrogen-bond acceptors (Lipinski definition) is 4. The minimum absolute atomic E-state index is 0.0606. The molecular formula is C14H18O4. The summed E-state index contributed by atoms with van der Waals surface area (Å²) in [6, 6.07) is 8.84. The monoisotopic (exact) mass is 250 g/mol. The van der Waals surface area contributed by atoms with Gasteiger partial charge in [-0.3, -0.25) is 0 Å². The van der Waals surface area contributed by atoms with Crippen LogP contribution in [0, 0.1) is 11.8 Å². The topological polar surface area (TPSA) is 55.8 Å². The largest absolute Gasteiger partial charge is 0.459 e. The summed E-state index contributed by atoms with van der Waals surface area (Å²) in [6.45, 7) is 4.09. The number of aliphatic hydroxyl groups excluding tert-OH is 1. The van der Waals surface area contributed by atoms with Crippen molar-refractivity contribution in [1.29, 1.82) is 0 Å². The van der Waals surface area contributed by atoms with Gasteiger partial charge in [0.05, 0.1) is 11.7 Å². The van der Waals surface area contributed by atoms with Gasteiger partial charge in [-0.15, -0.1) is 0 Å². The van der Waals surface area contributed by atoms with Gasteiger partial charge >= 0.3 is 5.97 Å². The lowest BCUT2D eigenvalue weighted by atomic mass is 9.94. The number of carbonyl (C=O) groups is 1. The average Bonchev–Trinajstić information content (AvgIpc) is 2.64. The summed E-state index contributed by atoms with van der Waals surface area (Å²) in [5.41, 5.74) is 0.525. The predicted octanol–water partition coefficient (Wildman–Crippen LogP) is 1.83. The summed E-state index contributed by atoms with van der Waals surface area (Å²) in [5, 5.41) is 9.56. The summed E-state index contributed by atoms with van der Waals surface area (Å²) in [5.74, 6) is -0.130. The van der Waals surface area contributed by atoms with Crippen LogP contribution in [-0.4, -0.2) is 30.1 Å². The van der Waals surface area contributed by atoms with Gasteiger partial charge in [-0.05, 0) is 18.1 Å². The van der Waals surface area contributed by atoms with E-state index in [0.717, 1.165) is 0 Å². The van der Waals surface area contributed by atoms with Crippen molar-refractivity contribution in [2.24, 2.45) is 11.8 Å². The molecule has 1 heterocycles. The summed E-state index contributed by atoms with van der Waals surface area (Å²) in [6.07, 6.45) is -0.997. The van der Waals surface area contributed by atoms with Gasteiger partial charge < -0.3 is 14.6 Å². The first kappa shape index (κ1) is 13.1. The van der Waals surface area contributed by atoms with Crippen molar-refractivity contribution in [2.45, 2.75) is 26.2 Å². The van der Waals surface area contributed by atoms with E-state index in [2.05, 4.69) is 0 Å². The first-order valence-electron chi connectivity index (χ1n) is 6.15. The van der Waals surface area contributed by atoms with Gasteiger partial charge in [0, 0.05) is 5.92 Å². The van der Waals surface area contributed by atoms with Crippen molar-refractivity contribution in [1.82, 2.24) is 0 Å². The molecule has 0 saturated carbocycles. The molecule has 1 fully saturated rings. The molecule has 2 rings (SSSR count). The van der Waals surface area contributed by atoms with Gasteiger partial charge in [0.15, 0.2) is 6.29 Å². The summed E-state index contributed by atoms with van der Waals surface area (Å²) in [4.78, 5) is 11.7. The Morgan fingerprint density at radius 3 is 2.50 bits per heavy atom. The minimum atomic E-state index is -0.763. The second-order valence-corrected chi connectivity index (χ2v) is 4.75. The molecule has 98 valence electrons. The molecule has 1 aromatic rings. The van der Waals surface area contributed by atoms with Crippen LogP contribution in [0.2, 0.25) is 0 Å². The molecule has 0 bridgehead atoms. The molecule has 0 spiro atoms. The number of aliphatic hydroxyl groups is 1. The maximum absolute atomic E-state index is 11.7. The minimum Gasteiger partial charge on any atom is -0.459 e. The Morgan fingerprint density at radius 2 is 1.94 bits per heavy atom. The van der Waals surface area contributed by atoms with Crippen molar-refractivity contribution in [3.8, 4) is 0 Å². The maximum atomic E-state index is 11.7. The fourth-order valence-corrected chi connectivity index (χ4v) is 2.03. The lowest BCUT2D eigenvalue weighted by Crippen LogP contribution is -2.24. The summed E-state index contributed by atoms with van der Waals surface area (Å²) < 4.78 is 10.6. The molecule has 1 aromatic carbocycles. The van der Waals surface area contributed by atoms with E-state index in [1.807, 2.05) is 19.9 Å². The highest BCUT2D eigenvalue weighted by Crippen LogP contribution is 2.30. The van der Waals surface area contributed by atoms with E-state index >= 15 is 0 Å². The number of rotatable bonds is 3. The quantitative estimate of drug-likeness (QED) is 0.832. The molecule has 0 amide bonds. The highest BCUT2D eigenvalue weighted by molar-refractivity contribution is 5.89. The predicted molar refractivity (Wildman–Crippen MR) is 65.9 cm³/mol. The normalized spacial score (nSPS) is 31.3. The Morgan fingerprint density at radius 1 is 1.28 bits per heavy atom.